The van der Waals surface area contributed by atoms with Crippen LogP contribution in [-0.4, -0.2) is 25.8 Å². The van der Waals surface area contributed by atoms with Crippen molar-refractivity contribution < 1.29 is 23.1 Å². The van der Waals surface area contributed by atoms with Gasteiger partial charge in [0.1, 0.15) is 0 Å². The molecule has 0 amide bonds. The topological polar surface area (TPSA) is 68.0 Å². The second kappa shape index (κ2) is 5.87. The molecule has 2 aromatic heterocycles. The Hall–Kier alpha value is -2.90. The van der Waals surface area contributed by atoms with Gasteiger partial charge < -0.3 is 5.11 Å². The predicted octanol–water partition coefficient (Wildman–Crippen LogP) is 4.01. The van der Waals surface area contributed by atoms with E-state index in [1.165, 1.54) is 35.9 Å². The predicted molar refractivity (Wildman–Crippen MR) is 84.9 cm³/mol. The van der Waals surface area contributed by atoms with E-state index in [1.807, 2.05) is 0 Å². The second-order valence-electron chi connectivity index (χ2n) is 5.56. The third-order valence-electron chi connectivity index (χ3n) is 3.89. The van der Waals surface area contributed by atoms with E-state index in [0.29, 0.717) is 17.8 Å². The molecule has 130 valence electrons. The summed E-state index contributed by atoms with van der Waals surface area (Å²) in [4.78, 5) is 15.3. The number of carbonyl (C=O) groups is 1. The Morgan fingerprint density at radius 2 is 1.88 bits per heavy atom. The molecular formula is C17H14F3N3O2. The van der Waals surface area contributed by atoms with Crippen molar-refractivity contribution in [2.45, 2.75) is 26.4 Å². The first kappa shape index (κ1) is 16.9. The van der Waals surface area contributed by atoms with Gasteiger partial charge >= 0.3 is 12.1 Å². The summed E-state index contributed by atoms with van der Waals surface area (Å²) in [6.07, 6.45) is -4.17. The molecule has 0 radical (unpaired) electrons. The Kier molecular flexibility index (Phi) is 3.98. The van der Waals surface area contributed by atoms with Crippen molar-refractivity contribution in [1.82, 2.24) is 14.8 Å². The first-order valence-electron chi connectivity index (χ1n) is 7.52. The van der Waals surface area contributed by atoms with E-state index >= 15 is 0 Å². The lowest BCUT2D eigenvalue weighted by atomic mass is 10.1. The van der Waals surface area contributed by atoms with E-state index in [1.54, 1.807) is 6.92 Å². The van der Waals surface area contributed by atoms with Gasteiger partial charge in [-0.15, -0.1) is 0 Å². The number of aromatic carboxylic acids is 1. The average molecular weight is 349 g/mol. The first-order chi connectivity index (χ1) is 11.7. The maximum atomic E-state index is 13.4. The van der Waals surface area contributed by atoms with Crippen LogP contribution in [0.3, 0.4) is 0 Å². The van der Waals surface area contributed by atoms with Crippen molar-refractivity contribution in [2.24, 2.45) is 0 Å². The van der Waals surface area contributed by atoms with Crippen LogP contribution in [0.15, 0.2) is 30.3 Å². The Labute approximate surface area is 140 Å². The van der Waals surface area contributed by atoms with Gasteiger partial charge in [-0.25, -0.2) is 14.5 Å². The van der Waals surface area contributed by atoms with E-state index in [2.05, 4.69) is 10.1 Å². The molecule has 25 heavy (non-hydrogen) atoms. The quantitative estimate of drug-likeness (QED) is 0.776. The molecule has 1 N–H and O–H groups in total. The molecule has 0 bridgehead atoms. The number of hydrogen-bond acceptors (Lipinski definition) is 3. The molecule has 0 fully saturated rings. The third-order valence-corrected chi connectivity index (χ3v) is 3.89. The highest BCUT2D eigenvalue weighted by Crippen LogP contribution is 2.36. The molecule has 5 nitrogen and oxygen atoms in total. The molecule has 0 spiro atoms. The highest BCUT2D eigenvalue weighted by Gasteiger charge is 2.35. The van der Waals surface area contributed by atoms with Crippen LogP contribution in [0.5, 0.6) is 0 Å². The van der Waals surface area contributed by atoms with Gasteiger partial charge in [0.25, 0.3) is 0 Å². The van der Waals surface area contributed by atoms with Crippen LogP contribution in [0.1, 0.15) is 34.2 Å². The molecule has 0 aliphatic heterocycles. The Morgan fingerprint density at radius 1 is 1.24 bits per heavy atom. The van der Waals surface area contributed by atoms with E-state index in [-0.39, 0.29) is 22.3 Å². The van der Waals surface area contributed by atoms with Crippen molar-refractivity contribution in [1.29, 1.82) is 0 Å². The zero-order valence-electron chi connectivity index (χ0n) is 13.4. The lowest BCUT2D eigenvalue weighted by Crippen LogP contribution is -2.08. The van der Waals surface area contributed by atoms with Gasteiger partial charge in [0.2, 0.25) is 0 Å². The van der Waals surface area contributed by atoms with Gasteiger partial charge in [-0.05, 0) is 43.7 Å². The van der Waals surface area contributed by atoms with E-state index in [4.69, 9.17) is 5.11 Å². The SMILES string of the molecule is CCc1cc(C(F)(F)F)c2c(C)nn(-c3ccc(C(=O)O)cc3)c2n1. The van der Waals surface area contributed by atoms with Crippen LogP contribution in [0.2, 0.25) is 0 Å². The van der Waals surface area contributed by atoms with Crippen molar-refractivity contribution in [3.05, 3.63) is 52.8 Å². The summed E-state index contributed by atoms with van der Waals surface area (Å²) in [6.45, 7) is 3.22. The summed E-state index contributed by atoms with van der Waals surface area (Å²) in [5.74, 6) is -1.08. The number of alkyl halides is 3. The Balaban J connectivity index is 2.28. The Morgan fingerprint density at radius 3 is 2.40 bits per heavy atom. The molecule has 0 atom stereocenters. The lowest BCUT2D eigenvalue weighted by Gasteiger charge is -2.11. The van der Waals surface area contributed by atoms with Crippen LogP contribution in [-0.2, 0) is 12.6 Å². The number of pyridine rings is 1. The fourth-order valence-corrected chi connectivity index (χ4v) is 2.67. The van der Waals surface area contributed by atoms with Gasteiger partial charge in [0.05, 0.1) is 27.9 Å². The zero-order valence-corrected chi connectivity index (χ0v) is 13.4. The molecule has 0 aliphatic rings. The largest absolute Gasteiger partial charge is 0.478 e. The molecule has 0 saturated carbocycles. The third kappa shape index (κ3) is 2.95. The monoisotopic (exact) mass is 349 g/mol. The first-order valence-corrected chi connectivity index (χ1v) is 7.52. The minimum absolute atomic E-state index is 0.0491. The smallest absolute Gasteiger partial charge is 0.417 e. The number of fused-ring (bicyclic) bond motifs is 1. The number of carboxylic acid groups (broad SMARTS) is 1. The average Bonchev–Trinajstić information content (AvgIpc) is 2.90. The number of rotatable bonds is 3. The lowest BCUT2D eigenvalue weighted by molar-refractivity contribution is -0.136. The van der Waals surface area contributed by atoms with Crippen LogP contribution in [0.4, 0.5) is 13.2 Å². The number of carboxylic acids is 1. The summed E-state index contributed by atoms with van der Waals surface area (Å²) < 4.78 is 41.6. The van der Waals surface area contributed by atoms with E-state index in [9.17, 15) is 18.0 Å². The molecular weight excluding hydrogens is 335 g/mol. The fraction of sp³-hybridized carbons (Fsp3) is 0.235. The van der Waals surface area contributed by atoms with Crippen LogP contribution < -0.4 is 0 Å². The summed E-state index contributed by atoms with van der Waals surface area (Å²) in [5.41, 5.74) is 0.377. The number of aryl methyl sites for hydroxylation is 2. The van der Waals surface area contributed by atoms with Gasteiger partial charge in [0.15, 0.2) is 5.65 Å². The Bertz CT molecular complexity index is 960. The minimum atomic E-state index is -4.52. The molecule has 0 unspecified atom stereocenters. The van der Waals surface area contributed by atoms with Crippen molar-refractivity contribution >= 4 is 17.0 Å². The van der Waals surface area contributed by atoms with Crippen molar-refractivity contribution in [2.75, 3.05) is 0 Å². The fourth-order valence-electron chi connectivity index (χ4n) is 2.67. The molecule has 2 heterocycles. The molecule has 8 heteroatoms. The summed E-state index contributed by atoms with van der Waals surface area (Å²) in [7, 11) is 0. The highest BCUT2D eigenvalue weighted by molar-refractivity contribution is 5.88. The van der Waals surface area contributed by atoms with Gasteiger partial charge in [0, 0.05) is 5.69 Å². The molecule has 0 saturated heterocycles. The van der Waals surface area contributed by atoms with Gasteiger partial charge in [-0.1, -0.05) is 6.92 Å². The van der Waals surface area contributed by atoms with Crippen LogP contribution in [0.25, 0.3) is 16.7 Å². The highest BCUT2D eigenvalue weighted by atomic mass is 19.4. The van der Waals surface area contributed by atoms with E-state index in [0.717, 1.165) is 6.07 Å². The van der Waals surface area contributed by atoms with Crippen LogP contribution in [0, 0.1) is 6.92 Å². The number of halogens is 3. The standard InChI is InChI=1S/C17H14F3N3O2/c1-3-11-8-13(17(18,19)20)14-9(2)22-23(15(14)21-11)12-6-4-10(5-7-12)16(24)25/h4-8H,3H2,1-2H3,(H,24,25). The molecule has 3 rings (SSSR count). The maximum Gasteiger partial charge on any atom is 0.417 e. The molecule has 3 aromatic rings. The van der Waals surface area contributed by atoms with Gasteiger partial charge in [-0.3, -0.25) is 0 Å². The van der Waals surface area contributed by atoms with Gasteiger partial charge in [-0.2, -0.15) is 18.3 Å². The zero-order chi connectivity index (χ0) is 18.4. The number of benzene rings is 1. The van der Waals surface area contributed by atoms with Crippen molar-refractivity contribution in [3.8, 4) is 5.69 Å². The number of nitrogens with zero attached hydrogens (tertiary/aromatic N) is 3. The van der Waals surface area contributed by atoms with E-state index < -0.39 is 17.7 Å². The van der Waals surface area contributed by atoms with Crippen LogP contribution >= 0.6 is 0 Å². The normalized spacial score (nSPS) is 11.9. The van der Waals surface area contributed by atoms with Crippen molar-refractivity contribution in [3.63, 3.8) is 0 Å². The second-order valence-corrected chi connectivity index (χ2v) is 5.56. The number of hydrogen-bond donors (Lipinski definition) is 1. The molecule has 1 aromatic carbocycles. The maximum absolute atomic E-state index is 13.4. The number of aromatic nitrogens is 3. The summed E-state index contributed by atoms with van der Waals surface area (Å²) >= 11 is 0. The molecule has 0 aliphatic carbocycles. The summed E-state index contributed by atoms with van der Waals surface area (Å²) in [5, 5.41) is 13.1. The summed E-state index contributed by atoms with van der Waals surface area (Å²) in [6, 6.07) is 6.77. The minimum Gasteiger partial charge on any atom is -0.478 e.